The van der Waals surface area contributed by atoms with Crippen molar-refractivity contribution in [1.29, 1.82) is 0 Å². The van der Waals surface area contributed by atoms with Gasteiger partial charge in [-0.2, -0.15) is 0 Å². The maximum absolute atomic E-state index is 6.31. The van der Waals surface area contributed by atoms with Crippen molar-refractivity contribution in [3.05, 3.63) is 91.0 Å². The van der Waals surface area contributed by atoms with E-state index < -0.39 is 19.2 Å². The summed E-state index contributed by atoms with van der Waals surface area (Å²) in [6.45, 7) is 0. The van der Waals surface area contributed by atoms with Crippen molar-refractivity contribution < 1.29 is 3.02 Å². The van der Waals surface area contributed by atoms with E-state index in [-0.39, 0.29) is 0 Å². The van der Waals surface area contributed by atoms with E-state index in [2.05, 4.69) is 91.0 Å². The van der Waals surface area contributed by atoms with Crippen molar-refractivity contribution in [2.45, 2.75) is 0 Å². The van der Waals surface area contributed by atoms with Crippen LogP contribution in [0.2, 0.25) is 0 Å². The van der Waals surface area contributed by atoms with E-state index in [0.717, 1.165) is 0 Å². The molecule has 0 aliphatic heterocycles. The normalized spacial score (nSPS) is 12.0. The van der Waals surface area contributed by atoms with Gasteiger partial charge in [0.1, 0.15) is 0 Å². The van der Waals surface area contributed by atoms with Crippen molar-refractivity contribution in [2.75, 3.05) is 7.11 Å². The van der Waals surface area contributed by atoms with E-state index in [4.69, 9.17) is 3.02 Å². The number of rotatable bonds is 4. The summed E-state index contributed by atoms with van der Waals surface area (Å²) in [5, 5.41) is 0. The first kappa shape index (κ1) is 14.4. The van der Waals surface area contributed by atoms with Crippen LogP contribution in [0.25, 0.3) is 0 Å². The van der Waals surface area contributed by atoms with Crippen LogP contribution in [-0.2, 0) is 3.02 Å². The first-order valence-electron chi connectivity index (χ1n) is 7.09. The molecular weight excluding hydrogens is 366 g/mol. The quantitative estimate of drug-likeness (QED) is 0.625. The summed E-state index contributed by atoms with van der Waals surface area (Å²) in [6, 6.07) is 32.0. The molecule has 3 rings (SSSR count). The molecule has 0 heterocycles. The van der Waals surface area contributed by atoms with Gasteiger partial charge >= 0.3 is 131 Å². The number of hydrogen-bond donors (Lipinski definition) is 0. The summed E-state index contributed by atoms with van der Waals surface area (Å²) in [5.41, 5.74) is 0. The van der Waals surface area contributed by atoms with Crippen LogP contribution in [0, 0.1) is 0 Å². The van der Waals surface area contributed by atoms with Crippen LogP contribution in [0.15, 0.2) is 91.0 Å². The van der Waals surface area contributed by atoms with E-state index in [1.807, 2.05) is 7.11 Å². The minimum absolute atomic E-state index is 1.34. The monoisotopic (exact) mass is 384 g/mol. The summed E-state index contributed by atoms with van der Waals surface area (Å²) in [6.07, 6.45) is 0. The predicted octanol–water partition coefficient (Wildman–Crippen LogP) is 2.03. The second-order valence-electron chi connectivity index (χ2n) is 4.98. The molecule has 0 aromatic heterocycles. The van der Waals surface area contributed by atoms with Gasteiger partial charge < -0.3 is 0 Å². The van der Waals surface area contributed by atoms with Gasteiger partial charge in [0.05, 0.1) is 0 Å². The predicted molar refractivity (Wildman–Crippen MR) is 92.4 cm³/mol. The molecule has 0 atom stereocenters. The molecule has 21 heavy (non-hydrogen) atoms. The zero-order chi connectivity index (χ0) is 14.5. The zero-order valence-electron chi connectivity index (χ0n) is 12.1. The van der Waals surface area contributed by atoms with Gasteiger partial charge in [-0.3, -0.25) is 0 Å². The van der Waals surface area contributed by atoms with Crippen LogP contribution in [0.5, 0.6) is 0 Å². The minimum atomic E-state index is -3.33. The Balaban J connectivity index is 2.29. The number of benzene rings is 3. The standard InChI is InChI=1S/3C6H5.CH3O.Sb.H/c3*1-2-4-6-5-3-1;1-2;;/h3*1-5H;1H3;;/q;;;-1;+1;. The van der Waals surface area contributed by atoms with E-state index in [1.165, 1.54) is 10.5 Å². The van der Waals surface area contributed by atoms with Crippen LogP contribution in [0.4, 0.5) is 0 Å². The second kappa shape index (κ2) is 6.47. The molecule has 2 heteroatoms. The summed E-state index contributed by atoms with van der Waals surface area (Å²) >= 11 is -3.33. The fourth-order valence-corrected chi connectivity index (χ4v) is 13.4. The Morgan fingerprint density at radius 3 is 1.05 bits per heavy atom. The fraction of sp³-hybridized carbons (Fsp3) is 0.0526. The third-order valence-corrected chi connectivity index (χ3v) is 15.4. The van der Waals surface area contributed by atoms with Crippen LogP contribution >= 0.6 is 0 Å². The Morgan fingerprint density at radius 2 is 0.810 bits per heavy atom. The zero-order valence-corrected chi connectivity index (χ0v) is 14.9. The van der Waals surface area contributed by atoms with Gasteiger partial charge in [0, 0.05) is 0 Å². The average Bonchev–Trinajstić information content (AvgIpc) is 2.59. The fourth-order valence-electron chi connectivity index (χ4n) is 2.87. The van der Waals surface area contributed by atoms with Gasteiger partial charge in [-0.1, -0.05) is 0 Å². The van der Waals surface area contributed by atoms with Gasteiger partial charge in [-0.25, -0.2) is 0 Å². The Bertz CT molecular complexity index is 584. The van der Waals surface area contributed by atoms with Crippen molar-refractivity contribution >= 4 is 29.8 Å². The summed E-state index contributed by atoms with van der Waals surface area (Å²) < 4.78 is 10.3. The second-order valence-corrected chi connectivity index (χ2v) is 15.0. The SMILES string of the molecule is C[O][SbH]([c]1ccccc1)([c]1ccccc1)[c]1ccccc1. The molecule has 0 unspecified atom stereocenters. The summed E-state index contributed by atoms with van der Waals surface area (Å²) in [4.78, 5) is 0. The van der Waals surface area contributed by atoms with Crippen molar-refractivity contribution in [2.24, 2.45) is 0 Å². The third kappa shape index (κ3) is 2.64. The average molecular weight is 385 g/mol. The molecule has 0 fully saturated rings. The molecular formula is C19H19OSb. The molecule has 106 valence electrons. The number of hydrogen-bond acceptors (Lipinski definition) is 1. The van der Waals surface area contributed by atoms with Crippen LogP contribution in [-0.4, -0.2) is 26.3 Å². The third-order valence-electron chi connectivity index (χ3n) is 3.85. The van der Waals surface area contributed by atoms with Gasteiger partial charge in [0.15, 0.2) is 0 Å². The van der Waals surface area contributed by atoms with Crippen molar-refractivity contribution in [3.8, 4) is 0 Å². The van der Waals surface area contributed by atoms with Crippen molar-refractivity contribution in [3.63, 3.8) is 0 Å². The van der Waals surface area contributed by atoms with E-state index in [9.17, 15) is 0 Å². The molecule has 0 radical (unpaired) electrons. The Morgan fingerprint density at radius 1 is 0.524 bits per heavy atom. The summed E-state index contributed by atoms with van der Waals surface area (Å²) in [5.74, 6) is 0. The molecule has 1 nitrogen and oxygen atoms in total. The van der Waals surface area contributed by atoms with Gasteiger partial charge in [0.2, 0.25) is 0 Å². The molecule has 0 bridgehead atoms. The molecule has 0 saturated heterocycles. The first-order chi connectivity index (χ1) is 10.4. The molecule has 0 aliphatic rings. The topological polar surface area (TPSA) is 9.23 Å². The van der Waals surface area contributed by atoms with Gasteiger partial charge in [0.25, 0.3) is 0 Å². The molecule has 3 aromatic rings. The molecule has 0 aliphatic carbocycles. The molecule has 0 N–H and O–H groups in total. The van der Waals surface area contributed by atoms with Gasteiger partial charge in [-0.15, -0.1) is 0 Å². The maximum atomic E-state index is 6.31. The summed E-state index contributed by atoms with van der Waals surface area (Å²) in [7, 11) is 1.86. The van der Waals surface area contributed by atoms with E-state index in [0.29, 0.717) is 0 Å². The molecule has 0 amide bonds. The van der Waals surface area contributed by atoms with Crippen molar-refractivity contribution in [1.82, 2.24) is 0 Å². The first-order valence-corrected chi connectivity index (χ1v) is 12.5. The van der Waals surface area contributed by atoms with E-state index >= 15 is 0 Å². The Kier molecular flexibility index (Phi) is 4.43. The van der Waals surface area contributed by atoms with Crippen LogP contribution in [0.3, 0.4) is 0 Å². The van der Waals surface area contributed by atoms with Crippen LogP contribution in [0.1, 0.15) is 0 Å². The molecule has 3 aromatic carbocycles. The Hall–Kier alpha value is -1.56. The van der Waals surface area contributed by atoms with E-state index in [1.54, 1.807) is 0 Å². The molecule has 0 saturated carbocycles. The molecule has 0 spiro atoms. The van der Waals surface area contributed by atoms with Crippen LogP contribution < -0.4 is 10.5 Å². The van der Waals surface area contributed by atoms with Gasteiger partial charge in [-0.05, 0) is 0 Å². The Labute approximate surface area is 130 Å².